The Kier molecular flexibility index (Phi) is 1.21. The maximum atomic E-state index is 8.67. The minimum atomic E-state index is 0.341. The highest BCUT2D eigenvalue weighted by molar-refractivity contribution is 5.33. The van der Waals surface area contributed by atoms with Gasteiger partial charge in [-0.2, -0.15) is 0 Å². The number of allylic oxidation sites excluding steroid dienone is 4. The Bertz CT molecular complexity index is 179. The van der Waals surface area contributed by atoms with Gasteiger partial charge in [0.1, 0.15) is 0 Å². The van der Waals surface area contributed by atoms with Crippen molar-refractivity contribution in [2.45, 2.75) is 12.8 Å². The van der Waals surface area contributed by atoms with Gasteiger partial charge in [-0.1, -0.05) is 24.3 Å². The van der Waals surface area contributed by atoms with Gasteiger partial charge < -0.3 is 5.11 Å². The summed E-state index contributed by atoms with van der Waals surface area (Å²) in [6.45, 7) is 0.341. The molecular formula is C9H12O. The summed E-state index contributed by atoms with van der Waals surface area (Å²) in [4.78, 5) is 0. The van der Waals surface area contributed by atoms with Gasteiger partial charge in [0.25, 0.3) is 0 Å². The van der Waals surface area contributed by atoms with Crippen molar-refractivity contribution in [3.05, 3.63) is 24.3 Å². The van der Waals surface area contributed by atoms with E-state index in [0.29, 0.717) is 12.0 Å². The van der Waals surface area contributed by atoms with Crippen LogP contribution in [0.5, 0.6) is 0 Å². The molecule has 0 aliphatic heterocycles. The van der Waals surface area contributed by atoms with Gasteiger partial charge in [0.05, 0.1) is 0 Å². The lowest BCUT2D eigenvalue weighted by Gasteiger charge is -2.00. The molecule has 0 radical (unpaired) electrons. The van der Waals surface area contributed by atoms with E-state index in [1.54, 1.807) is 0 Å². The molecule has 0 aromatic rings. The molecule has 0 aromatic carbocycles. The van der Waals surface area contributed by atoms with E-state index in [9.17, 15) is 0 Å². The standard InChI is InChI=1S/C9H12O/c10-6-3-8-7-9(8)4-1-2-5-9/h1-2,4-5,8,10H,3,6-7H2. The van der Waals surface area contributed by atoms with E-state index in [2.05, 4.69) is 24.3 Å². The second-order valence-corrected chi connectivity index (χ2v) is 3.24. The molecule has 2 aliphatic carbocycles. The maximum absolute atomic E-state index is 8.67. The van der Waals surface area contributed by atoms with E-state index in [1.807, 2.05) is 0 Å². The molecule has 0 bridgehead atoms. The van der Waals surface area contributed by atoms with Crippen molar-refractivity contribution in [3.8, 4) is 0 Å². The Morgan fingerprint density at radius 2 is 2.10 bits per heavy atom. The van der Waals surface area contributed by atoms with Gasteiger partial charge in [0.2, 0.25) is 0 Å². The van der Waals surface area contributed by atoms with Gasteiger partial charge in [-0.3, -0.25) is 0 Å². The van der Waals surface area contributed by atoms with E-state index < -0.39 is 0 Å². The second kappa shape index (κ2) is 1.96. The first-order valence-corrected chi connectivity index (χ1v) is 3.85. The fourth-order valence-electron chi connectivity index (χ4n) is 1.83. The van der Waals surface area contributed by atoms with Crippen molar-refractivity contribution in [2.75, 3.05) is 6.61 Å². The molecule has 2 aliphatic rings. The van der Waals surface area contributed by atoms with Crippen LogP contribution in [0.15, 0.2) is 24.3 Å². The van der Waals surface area contributed by atoms with Crippen LogP contribution in [0.4, 0.5) is 0 Å². The molecule has 10 heavy (non-hydrogen) atoms. The monoisotopic (exact) mass is 136 g/mol. The van der Waals surface area contributed by atoms with Crippen molar-refractivity contribution in [2.24, 2.45) is 11.3 Å². The summed E-state index contributed by atoms with van der Waals surface area (Å²) in [6.07, 6.45) is 10.9. The third-order valence-corrected chi connectivity index (χ3v) is 2.60. The number of aliphatic hydroxyl groups is 1. The zero-order chi connectivity index (χ0) is 7.03. The van der Waals surface area contributed by atoms with E-state index in [-0.39, 0.29) is 0 Å². The predicted molar refractivity (Wildman–Crippen MR) is 40.5 cm³/mol. The van der Waals surface area contributed by atoms with Gasteiger partial charge >= 0.3 is 0 Å². The number of rotatable bonds is 2. The Labute approximate surface area is 61.1 Å². The van der Waals surface area contributed by atoms with Crippen LogP contribution in [0, 0.1) is 11.3 Å². The maximum Gasteiger partial charge on any atom is 0.0434 e. The molecule has 0 amide bonds. The summed E-state index contributed by atoms with van der Waals surface area (Å²) < 4.78 is 0. The van der Waals surface area contributed by atoms with Crippen molar-refractivity contribution in [1.29, 1.82) is 0 Å². The summed E-state index contributed by atoms with van der Waals surface area (Å²) in [5, 5.41) is 8.67. The number of hydrogen-bond donors (Lipinski definition) is 1. The van der Waals surface area contributed by atoms with Crippen molar-refractivity contribution >= 4 is 0 Å². The average Bonchev–Trinajstić information content (AvgIpc) is 2.43. The Morgan fingerprint density at radius 1 is 1.40 bits per heavy atom. The summed E-state index contributed by atoms with van der Waals surface area (Å²) in [5.74, 6) is 0.729. The quantitative estimate of drug-likeness (QED) is 0.610. The Hall–Kier alpha value is -0.560. The molecule has 2 rings (SSSR count). The third-order valence-electron chi connectivity index (χ3n) is 2.60. The molecule has 0 saturated heterocycles. The van der Waals surface area contributed by atoms with Crippen LogP contribution in [0.1, 0.15) is 12.8 Å². The molecule has 1 atom stereocenters. The lowest BCUT2D eigenvalue weighted by atomic mass is 10.1. The summed E-state index contributed by atoms with van der Waals surface area (Å²) in [5.41, 5.74) is 0.392. The Morgan fingerprint density at radius 3 is 2.70 bits per heavy atom. The lowest BCUT2D eigenvalue weighted by Crippen LogP contribution is -1.94. The smallest absolute Gasteiger partial charge is 0.0434 e. The van der Waals surface area contributed by atoms with Crippen molar-refractivity contribution in [1.82, 2.24) is 0 Å². The van der Waals surface area contributed by atoms with Crippen molar-refractivity contribution < 1.29 is 5.11 Å². The molecule has 0 aromatic heterocycles. The second-order valence-electron chi connectivity index (χ2n) is 3.24. The predicted octanol–water partition coefficient (Wildman–Crippen LogP) is 1.50. The SMILES string of the molecule is OCCC1CC12C=CC=C2. The minimum Gasteiger partial charge on any atom is -0.396 e. The molecule has 1 nitrogen and oxygen atoms in total. The number of hydrogen-bond acceptors (Lipinski definition) is 1. The summed E-state index contributed by atoms with van der Waals surface area (Å²) in [7, 11) is 0. The molecule has 1 unspecified atom stereocenters. The molecule has 1 spiro atoms. The molecule has 1 fully saturated rings. The van der Waals surface area contributed by atoms with Crippen LogP contribution >= 0.6 is 0 Å². The normalized spacial score (nSPS) is 31.9. The zero-order valence-electron chi connectivity index (χ0n) is 5.96. The first-order valence-electron chi connectivity index (χ1n) is 3.85. The van der Waals surface area contributed by atoms with Gasteiger partial charge in [-0.05, 0) is 18.8 Å². The van der Waals surface area contributed by atoms with Gasteiger partial charge in [0, 0.05) is 12.0 Å². The van der Waals surface area contributed by atoms with Gasteiger partial charge in [0.15, 0.2) is 0 Å². The molecular weight excluding hydrogens is 124 g/mol. The first-order chi connectivity index (χ1) is 4.87. The van der Waals surface area contributed by atoms with Crippen LogP contribution in [-0.4, -0.2) is 11.7 Å². The van der Waals surface area contributed by atoms with Crippen LogP contribution in [0.3, 0.4) is 0 Å². The molecule has 1 saturated carbocycles. The first kappa shape index (κ1) is 6.17. The molecule has 54 valence electrons. The van der Waals surface area contributed by atoms with E-state index >= 15 is 0 Å². The van der Waals surface area contributed by atoms with Gasteiger partial charge in [-0.15, -0.1) is 0 Å². The highest BCUT2D eigenvalue weighted by atomic mass is 16.3. The number of aliphatic hydroxyl groups excluding tert-OH is 1. The van der Waals surface area contributed by atoms with E-state index in [0.717, 1.165) is 12.3 Å². The van der Waals surface area contributed by atoms with Crippen LogP contribution in [0.2, 0.25) is 0 Å². The van der Waals surface area contributed by atoms with Crippen molar-refractivity contribution in [3.63, 3.8) is 0 Å². The van der Waals surface area contributed by atoms with E-state index in [1.165, 1.54) is 6.42 Å². The highest BCUT2D eigenvalue weighted by Crippen LogP contribution is 2.58. The minimum absolute atomic E-state index is 0.341. The lowest BCUT2D eigenvalue weighted by molar-refractivity contribution is 0.276. The van der Waals surface area contributed by atoms with Crippen LogP contribution in [0.25, 0.3) is 0 Å². The van der Waals surface area contributed by atoms with E-state index in [4.69, 9.17) is 5.11 Å². The molecule has 1 heteroatoms. The fraction of sp³-hybridized carbons (Fsp3) is 0.556. The van der Waals surface area contributed by atoms with Gasteiger partial charge in [-0.25, -0.2) is 0 Å². The third kappa shape index (κ3) is 0.739. The fourth-order valence-corrected chi connectivity index (χ4v) is 1.83. The largest absolute Gasteiger partial charge is 0.396 e. The van der Waals surface area contributed by atoms with Crippen LogP contribution < -0.4 is 0 Å². The molecule has 0 heterocycles. The molecule has 1 N–H and O–H groups in total. The van der Waals surface area contributed by atoms with Crippen LogP contribution in [-0.2, 0) is 0 Å². The average molecular weight is 136 g/mol. The Balaban J connectivity index is 1.99. The topological polar surface area (TPSA) is 20.2 Å². The summed E-state index contributed by atoms with van der Waals surface area (Å²) >= 11 is 0. The highest BCUT2D eigenvalue weighted by Gasteiger charge is 2.49. The zero-order valence-corrected chi connectivity index (χ0v) is 5.96. The summed E-state index contributed by atoms with van der Waals surface area (Å²) in [6, 6.07) is 0.